The van der Waals surface area contributed by atoms with E-state index < -0.39 is 5.91 Å². The molecular weight excluding hydrogens is 372 g/mol. The first kappa shape index (κ1) is 17.7. The van der Waals surface area contributed by atoms with Crippen molar-refractivity contribution in [3.05, 3.63) is 64.1 Å². The number of ether oxygens (including phenoxy) is 1. The van der Waals surface area contributed by atoms with Gasteiger partial charge in [-0.15, -0.1) is 0 Å². The van der Waals surface area contributed by atoms with Crippen LogP contribution in [0.2, 0.25) is 0 Å². The molecule has 0 bridgehead atoms. The Bertz CT molecular complexity index is 788. The van der Waals surface area contributed by atoms with E-state index in [9.17, 15) is 9.59 Å². The van der Waals surface area contributed by atoms with E-state index in [0.29, 0.717) is 18.0 Å². The Morgan fingerprint density at radius 1 is 1.25 bits per heavy atom. The van der Waals surface area contributed by atoms with Crippen LogP contribution < -0.4 is 15.8 Å². The summed E-state index contributed by atoms with van der Waals surface area (Å²) in [7, 11) is 0. The van der Waals surface area contributed by atoms with Crippen molar-refractivity contribution in [3.8, 4) is 5.75 Å². The van der Waals surface area contributed by atoms with Gasteiger partial charge in [0.25, 0.3) is 5.91 Å². The SMILES string of the molecule is CCOc1ccc(Br)cc1C=CC(=O)Nc1ccccc1C(N)=O. The first-order valence-corrected chi connectivity index (χ1v) is 8.10. The second kappa shape index (κ2) is 8.31. The van der Waals surface area contributed by atoms with Crippen LogP contribution in [0.15, 0.2) is 53.0 Å². The van der Waals surface area contributed by atoms with Crippen molar-refractivity contribution in [1.29, 1.82) is 0 Å². The summed E-state index contributed by atoms with van der Waals surface area (Å²) in [5.74, 6) is -0.283. The number of hydrogen-bond acceptors (Lipinski definition) is 3. The van der Waals surface area contributed by atoms with Gasteiger partial charge in [-0.1, -0.05) is 28.1 Å². The molecule has 0 aliphatic carbocycles. The van der Waals surface area contributed by atoms with Crippen molar-refractivity contribution in [2.45, 2.75) is 6.92 Å². The molecule has 0 aliphatic heterocycles. The van der Waals surface area contributed by atoms with E-state index >= 15 is 0 Å². The van der Waals surface area contributed by atoms with E-state index in [4.69, 9.17) is 10.5 Å². The number of para-hydroxylation sites is 1. The monoisotopic (exact) mass is 388 g/mol. The number of carbonyl (C=O) groups is 2. The summed E-state index contributed by atoms with van der Waals surface area (Å²) in [6.07, 6.45) is 3.03. The molecule has 0 spiro atoms. The van der Waals surface area contributed by atoms with Crippen LogP contribution in [-0.4, -0.2) is 18.4 Å². The number of amides is 2. The first-order valence-electron chi connectivity index (χ1n) is 7.31. The molecular formula is C18H17BrN2O3. The van der Waals surface area contributed by atoms with Gasteiger partial charge in [-0.2, -0.15) is 0 Å². The van der Waals surface area contributed by atoms with Gasteiger partial charge in [-0.05, 0) is 43.3 Å². The van der Waals surface area contributed by atoms with Gasteiger partial charge in [0.2, 0.25) is 5.91 Å². The number of rotatable bonds is 6. The predicted octanol–water partition coefficient (Wildman–Crippen LogP) is 3.60. The average Bonchev–Trinajstić information content (AvgIpc) is 2.55. The lowest BCUT2D eigenvalue weighted by Crippen LogP contribution is -2.16. The minimum absolute atomic E-state index is 0.261. The number of halogens is 1. The predicted molar refractivity (Wildman–Crippen MR) is 97.9 cm³/mol. The molecule has 0 radical (unpaired) electrons. The molecule has 0 saturated carbocycles. The standard InChI is InChI=1S/C18H17BrN2O3/c1-2-24-16-9-8-13(19)11-12(16)7-10-17(22)21-15-6-4-3-5-14(15)18(20)23/h3-11H,2H2,1H3,(H2,20,23)(H,21,22). The van der Waals surface area contributed by atoms with Crippen molar-refractivity contribution >= 4 is 39.5 Å². The van der Waals surface area contributed by atoms with Crippen molar-refractivity contribution in [3.63, 3.8) is 0 Å². The molecule has 2 aromatic carbocycles. The molecule has 0 aromatic heterocycles. The summed E-state index contributed by atoms with van der Waals surface area (Å²) < 4.78 is 6.41. The Labute approximate surface area is 148 Å². The summed E-state index contributed by atoms with van der Waals surface area (Å²) in [6, 6.07) is 12.1. The van der Waals surface area contributed by atoms with Gasteiger partial charge in [-0.25, -0.2) is 0 Å². The lowest BCUT2D eigenvalue weighted by atomic mass is 10.1. The smallest absolute Gasteiger partial charge is 0.250 e. The maximum absolute atomic E-state index is 12.1. The molecule has 2 amide bonds. The van der Waals surface area contributed by atoms with Crippen LogP contribution in [0.5, 0.6) is 5.75 Å². The Kier molecular flexibility index (Phi) is 6.14. The van der Waals surface area contributed by atoms with Crippen LogP contribution in [0.3, 0.4) is 0 Å². The summed E-state index contributed by atoms with van der Waals surface area (Å²) in [5, 5.41) is 2.65. The van der Waals surface area contributed by atoms with E-state index in [1.54, 1.807) is 30.3 Å². The van der Waals surface area contributed by atoms with E-state index in [2.05, 4.69) is 21.2 Å². The van der Waals surface area contributed by atoms with Gasteiger partial charge in [0.05, 0.1) is 17.9 Å². The molecule has 0 heterocycles. The molecule has 3 N–H and O–H groups in total. The molecule has 0 unspecified atom stereocenters. The van der Waals surface area contributed by atoms with Crippen LogP contribution in [-0.2, 0) is 4.79 Å². The largest absolute Gasteiger partial charge is 0.493 e. The normalized spacial score (nSPS) is 10.6. The lowest BCUT2D eigenvalue weighted by molar-refractivity contribution is -0.111. The van der Waals surface area contributed by atoms with E-state index in [-0.39, 0.29) is 11.5 Å². The first-order chi connectivity index (χ1) is 11.5. The maximum Gasteiger partial charge on any atom is 0.250 e. The van der Waals surface area contributed by atoms with E-state index in [1.807, 2.05) is 25.1 Å². The molecule has 0 aliphatic rings. The van der Waals surface area contributed by atoms with E-state index in [1.165, 1.54) is 6.08 Å². The molecule has 24 heavy (non-hydrogen) atoms. The van der Waals surface area contributed by atoms with Crippen LogP contribution in [0.25, 0.3) is 6.08 Å². The van der Waals surface area contributed by atoms with Crippen LogP contribution in [0, 0.1) is 0 Å². The van der Waals surface area contributed by atoms with E-state index in [0.717, 1.165) is 10.0 Å². The van der Waals surface area contributed by atoms with Crippen molar-refractivity contribution in [2.24, 2.45) is 5.73 Å². The number of primary amides is 1. The van der Waals surface area contributed by atoms with Crippen molar-refractivity contribution in [2.75, 3.05) is 11.9 Å². The van der Waals surface area contributed by atoms with Crippen LogP contribution in [0.4, 0.5) is 5.69 Å². The summed E-state index contributed by atoms with van der Waals surface area (Å²) in [6.45, 7) is 2.42. The fourth-order valence-electron chi connectivity index (χ4n) is 2.08. The topological polar surface area (TPSA) is 81.4 Å². The van der Waals surface area contributed by atoms with Gasteiger partial charge < -0.3 is 15.8 Å². The number of anilines is 1. The van der Waals surface area contributed by atoms with Gasteiger partial charge in [0.15, 0.2) is 0 Å². The summed E-state index contributed by atoms with van der Waals surface area (Å²) in [4.78, 5) is 23.5. The Morgan fingerprint density at radius 3 is 2.71 bits per heavy atom. The molecule has 6 heteroatoms. The third-order valence-corrected chi connectivity index (χ3v) is 3.63. The summed E-state index contributed by atoms with van der Waals surface area (Å²) in [5.41, 5.74) is 6.70. The highest BCUT2D eigenvalue weighted by atomic mass is 79.9. The number of benzene rings is 2. The van der Waals surface area contributed by atoms with Crippen LogP contribution >= 0.6 is 15.9 Å². The number of nitrogens with one attached hydrogen (secondary N) is 1. The third kappa shape index (κ3) is 4.70. The highest BCUT2D eigenvalue weighted by molar-refractivity contribution is 9.10. The number of hydrogen-bond donors (Lipinski definition) is 2. The molecule has 0 saturated heterocycles. The minimum atomic E-state index is -0.597. The molecule has 0 fully saturated rings. The number of carbonyl (C=O) groups excluding carboxylic acids is 2. The molecule has 2 aromatic rings. The van der Waals surface area contributed by atoms with Crippen molar-refractivity contribution in [1.82, 2.24) is 0 Å². The van der Waals surface area contributed by atoms with Crippen LogP contribution in [0.1, 0.15) is 22.8 Å². The third-order valence-electron chi connectivity index (χ3n) is 3.14. The average molecular weight is 389 g/mol. The molecule has 0 atom stereocenters. The van der Waals surface area contributed by atoms with Gasteiger partial charge in [0.1, 0.15) is 5.75 Å². The highest BCUT2D eigenvalue weighted by Crippen LogP contribution is 2.24. The highest BCUT2D eigenvalue weighted by Gasteiger charge is 2.09. The quantitative estimate of drug-likeness (QED) is 0.741. The van der Waals surface area contributed by atoms with Crippen molar-refractivity contribution < 1.29 is 14.3 Å². The van der Waals surface area contributed by atoms with Gasteiger partial charge in [0, 0.05) is 16.1 Å². The van der Waals surface area contributed by atoms with Gasteiger partial charge in [-0.3, -0.25) is 9.59 Å². The Morgan fingerprint density at radius 2 is 2.00 bits per heavy atom. The Balaban J connectivity index is 2.17. The Hall–Kier alpha value is -2.60. The second-order valence-electron chi connectivity index (χ2n) is 4.85. The summed E-state index contributed by atoms with van der Waals surface area (Å²) >= 11 is 3.39. The zero-order chi connectivity index (χ0) is 17.5. The number of nitrogens with two attached hydrogens (primary N) is 1. The second-order valence-corrected chi connectivity index (χ2v) is 5.76. The fraction of sp³-hybridized carbons (Fsp3) is 0.111. The van der Waals surface area contributed by atoms with Gasteiger partial charge >= 0.3 is 0 Å². The lowest BCUT2D eigenvalue weighted by Gasteiger charge is -2.08. The minimum Gasteiger partial charge on any atom is -0.493 e. The molecule has 5 nitrogen and oxygen atoms in total. The fourth-order valence-corrected chi connectivity index (χ4v) is 2.46. The molecule has 2 rings (SSSR count). The maximum atomic E-state index is 12.1. The zero-order valence-corrected chi connectivity index (χ0v) is 14.7. The molecule has 124 valence electrons. The zero-order valence-electron chi connectivity index (χ0n) is 13.1.